The van der Waals surface area contributed by atoms with E-state index in [0.29, 0.717) is 11.1 Å². The van der Waals surface area contributed by atoms with E-state index in [1.807, 2.05) is 24.3 Å². The van der Waals surface area contributed by atoms with E-state index in [4.69, 9.17) is 4.74 Å². The molecule has 0 saturated heterocycles. The minimum Gasteiger partial charge on any atom is -0.449 e. The Balaban J connectivity index is 1.58. The fourth-order valence-electron chi connectivity index (χ4n) is 2.19. The summed E-state index contributed by atoms with van der Waals surface area (Å²) in [4.78, 5) is 28.2. The summed E-state index contributed by atoms with van der Waals surface area (Å²) in [7, 11) is 0. The summed E-state index contributed by atoms with van der Waals surface area (Å²) in [6.45, 7) is 1.35. The van der Waals surface area contributed by atoms with Crippen molar-refractivity contribution in [3.63, 3.8) is 0 Å². The van der Waals surface area contributed by atoms with Crippen molar-refractivity contribution < 1.29 is 23.1 Å². The van der Waals surface area contributed by atoms with E-state index >= 15 is 0 Å². The van der Waals surface area contributed by atoms with Gasteiger partial charge in [0.25, 0.3) is 5.91 Å². The molecule has 0 aliphatic rings. The predicted molar refractivity (Wildman–Crippen MR) is 99.2 cm³/mol. The molecule has 1 N–H and O–H groups in total. The molecule has 0 aliphatic heterocycles. The fourth-order valence-corrected chi connectivity index (χ4v) is 3.06. The Morgan fingerprint density at radius 1 is 1.22 bits per heavy atom. The lowest BCUT2D eigenvalue weighted by Crippen LogP contribution is -2.29. The molecule has 0 radical (unpaired) electrons. The van der Waals surface area contributed by atoms with Crippen molar-refractivity contribution in [2.75, 3.05) is 5.32 Å². The SMILES string of the molecule is C[C@@H](OC(=O)/C=C/c1nc2ccccc2s1)C(=O)Nc1ccc(F)cc1F. The van der Waals surface area contributed by atoms with Crippen molar-refractivity contribution in [1.82, 2.24) is 4.98 Å². The molecule has 138 valence electrons. The van der Waals surface area contributed by atoms with Gasteiger partial charge in [-0.15, -0.1) is 11.3 Å². The number of ether oxygens (including phenoxy) is 1. The first kappa shape index (κ1) is 18.7. The first-order valence-electron chi connectivity index (χ1n) is 7.92. The van der Waals surface area contributed by atoms with Crippen molar-refractivity contribution in [2.45, 2.75) is 13.0 Å². The maximum Gasteiger partial charge on any atom is 0.331 e. The molecule has 0 fully saturated rings. The van der Waals surface area contributed by atoms with E-state index in [2.05, 4.69) is 10.3 Å². The minimum absolute atomic E-state index is 0.200. The monoisotopic (exact) mass is 388 g/mol. The summed E-state index contributed by atoms with van der Waals surface area (Å²) in [5.41, 5.74) is 0.624. The highest BCUT2D eigenvalue weighted by atomic mass is 32.1. The average Bonchev–Trinajstić information content (AvgIpc) is 3.05. The number of thiazole rings is 1. The molecule has 3 rings (SSSR count). The Morgan fingerprint density at radius 2 is 2.00 bits per heavy atom. The van der Waals surface area contributed by atoms with Crippen molar-refractivity contribution in [3.8, 4) is 0 Å². The molecule has 0 bridgehead atoms. The maximum atomic E-state index is 13.6. The zero-order valence-electron chi connectivity index (χ0n) is 14.1. The number of anilines is 1. The highest BCUT2D eigenvalue weighted by Crippen LogP contribution is 2.22. The topological polar surface area (TPSA) is 68.3 Å². The van der Waals surface area contributed by atoms with Gasteiger partial charge in [-0.05, 0) is 37.3 Å². The van der Waals surface area contributed by atoms with Gasteiger partial charge < -0.3 is 10.1 Å². The van der Waals surface area contributed by atoms with E-state index in [1.165, 1.54) is 30.4 Å². The van der Waals surface area contributed by atoms with Crippen molar-refractivity contribution in [3.05, 3.63) is 65.2 Å². The maximum absolute atomic E-state index is 13.6. The fraction of sp³-hybridized carbons (Fsp3) is 0.105. The lowest BCUT2D eigenvalue weighted by molar-refractivity contribution is -0.148. The van der Waals surface area contributed by atoms with Gasteiger partial charge in [-0.2, -0.15) is 0 Å². The first-order valence-corrected chi connectivity index (χ1v) is 8.74. The number of rotatable bonds is 5. The molecule has 8 heteroatoms. The number of fused-ring (bicyclic) bond motifs is 1. The smallest absolute Gasteiger partial charge is 0.331 e. The highest BCUT2D eigenvalue weighted by Gasteiger charge is 2.18. The Bertz CT molecular complexity index is 1000. The van der Waals surface area contributed by atoms with Crippen LogP contribution in [0, 0.1) is 11.6 Å². The Morgan fingerprint density at radius 3 is 2.74 bits per heavy atom. The van der Waals surface area contributed by atoms with Crippen molar-refractivity contribution in [2.24, 2.45) is 0 Å². The molecule has 1 atom stereocenters. The normalized spacial score (nSPS) is 12.3. The molecule has 1 aromatic heterocycles. The van der Waals surface area contributed by atoms with E-state index in [9.17, 15) is 18.4 Å². The molecule has 1 heterocycles. The van der Waals surface area contributed by atoms with Gasteiger partial charge in [-0.3, -0.25) is 4.79 Å². The molecule has 0 unspecified atom stereocenters. The van der Waals surface area contributed by atoms with Crippen LogP contribution in [0.1, 0.15) is 11.9 Å². The number of nitrogens with zero attached hydrogens (tertiary/aromatic N) is 1. The van der Waals surface area contributed by atoms with E-state index in [1.54, 1.807) is 0 Å². The van der Waals surface area contributed by atoms with Gasteiger partial charge in [-0.1, -0.05) is 12.1 Å². The van der Waals surface area contributed by atoms with Gasteiger partial charge in [0.15, 0.2) is 6.10 Å². The van der Waals surface area contributed by atoms with Gasteiger partial charge in [0.05, 0.1) is 15.9 Å². The standard InChI is InChI=1S/C19H14F2N2O3S/c1-11(19(25)23-14-7-6-12(20)10-13(14)21)26-18(24)9-8-17-22-15-4-2-3-5-16(15)27-17/h2-11H,1H3,(H,23,25)/b9-8+/t11-/m1/s1. The second-order valence-corrected chi connectivity index (χ2v) is 6.61. The number of esters is 1. The van der Waals surface area contributed by atoms with Crippen LogP contribution < -0.4 is 5.32 Å². The largest absolute Gasteiger partial charge is 0.449 e. The quantitative estimate of drug-likeness (QED) is 0.526. The van der Waals surface area contributed by atoms with E-state index < -0.39 is 29.6 Å². The lowest BCUT2D eigenvalue weighted by Gasteiger charge is -2.12. The third-order valence-corrected chi connectivity index (χ3v) is 4.53. The van der Waals surface area contributed by atoms with Gasteiger partial charge in [0, 0.05) is 12.1 Å². The van der Waals surface area contributed by atoms with Crippen LogP contribution in [0.25, 0.3) is 16.3 Å². The molecule has 5 nitrogen and oxygen atoms in total. The number of aromatic nitrogens is 1. The average molecular weight is 388 g/mol. The summed E-state index contributed by atoms with van der Waals surface area (Å²) < 4.78 is 32.4. The second-order valence-electron chi connectivity index (χ2n) is 5.55. The van der Waals surface area contributed by atoms with Crippen molar-refractivity contribution >= 4 is 45.2 Å². The summed E-state index contributed by atoms with van der Waals surface area (Å²) >= 11 is 1.41. The van der Waals surface area contributed by atoms with Crippen LogP contribution in [0.2, 0.25) is 0 Å². The van der Waals surface area contributed by atoms with Crippen LogP contribution in [0.3, 0.4) is 0 Å². The third-order valence-electron chi connectivity index (χ3n) is 3.52. The van der Waals surface area contributed by atoms with Gasteiger partial charge in [-0.25, -0.2) is 18.6 Å². The summed E-state index contributed by atoms with van der Waals surface area (Å²) in [6.07, 6.45) is 1.50. The summed E-state index contributed by atoms with van der Waals surface area (Å²) in [5.74, 6) is -3.15. The highest BCUT2D eigenvalue weighted by molar-refractivity contribution is 7.19. The molecular weight excluding hydrogens is 374 g/mol. The number of para-hydroxylation sites is 1. The van der Waals surface area contributed by atoms with E-state index in [0.717, 1.165) is 22.3 Å². The Kier molecular flexibility index (Phi) is 5.56. The number of hydrogen-bond acceptors (Lipinski definition) is 5. The molecule has 0 spiro atoms. The lowest BCUT2D eigenvalue weighted by atomic mass is 10.2. The van der Waals surface area contributed by atoms with Crippen LogP contribution in [0.5, 0.6) is 0 Å². The van der Waals surface area contributed by atoms with Gasteiger partial charge in [0.1, 0.15) is 16.6 Å². The number of carbonyl (C=O) groups is 2. The number of nitrogens with one attached hydrogen (secondary N) is 1. The molecule has 0 aliphatic carbocycles. The van der Waals surface area contributed by atoms with Crippen LogP contribution >= 0.6 is 11.3 Å². The number of halogens is 2. The Hall–Kier alpha value is -3.13. The van der Waals surface area contributed by atoms with Crippen LogP contribution in [0.15, 0.2) is 48.5 Å². The summed E-state index contributed by atoms with van der Waals surface area (Å²) in [5, 5.41) is 2.87. The van der Waals surface area contributed by atoms with Crippen molar-refractivity contribution in [1.29, 1.82) is 0 Å². The number of hydrogen-bond donors (Lipinski definition) is 1. The minimum atomic E-state index is -1.16. The van der Waals surface area contributed by atoms with Crippen LogP contribution in [0.4, 0.5) is 14.5 Å². The van der Waals surface area contributed by atoms with Crippen LogP contribution in [-0.4, -0.2) is 23.0 Å². The second kappa shape index (κ2) is 8.05. The number of carbonyl (C=O) groups excluding carboxylic acids is 2. The molecule has 3 aromatic rings. The molecule has 1 amide bonds. The molecule has 0 saturated carbocycles. The zero-order chi connectivity index (χ0) is 19.4. The predicted octanol–water partition coefficient (Wildman–Crippen LogP) is 4.16. The number of amides is 1. The van der Waals surface area contributed by atoms with Gasteiger partial charge in [0.2, 0.25) is 0 Å². The van der Waals surface area contributed by atoms with Gasteiger partial charge >= 0.3 is 5.97 Å². The molecule has 27 heavy (non-hydrogen) atoms. The van der Waals surface area contributed by atoms with Crippen LogP contribution in [-0.2, 0) is 14.3 Å². The zero-order valence-corrected chi connectivity index (χ0v) is 14.9. The summed E-state index contributed by atoms with van der Waals surface area (Å²) in [6, 6.07) is 10.3. The third kappa shape index (κ3) is 4.73. The molecule has 2 aromatic carbocycles. The molecular formula is C19H14F2N2O3S. The Labute approximate surface area is 157 Å². The van der Waals surface area contributed by atoms with E-state index in [-0.39, 0.29) is 5.69 Å². The first-order chi connectivity index (χ1) is 12.9. The number of benzene rings is 2.